The van der Waals surface area contributed by atoms with Crippen LogP contribution in [0.1, 0.15) is 5.82 Å². The topological polar surface area (TPSA) is 79.5 Å². The highest BCUT2D eigenvalue weighted by molar-refractivity contribution is 5.88. The summed E-state index contributed by atoms with van der Waals surface area (Å²) in [5.41, 5.74) is 2.49. The van der Waals surface area contributed by atoms with Crippen LogP contribution in [0, 0.1) is 0 Å². The zero-order chi connectivity index (χ0) is 16.9. The third-order valence-corrected chi connectivity index (χ3v) is 3.46. The van der Waals surface area contributed by atoms with Gasteiger partial charge in [0.1, 0.15) is 18.2 Å². The zero-order valence-electron chi connectivity index (χ0n) is 13.4. The lowest BCUT2D eigenvalue weighted by molar-refractivity contribution is -0.0598. The average Bonchev–Trinajstić information content (AvgIpc) is 3.02. The monoisotopic (exact) mass is 326 g/mol. The van der Waals surface area contributed by atoms with Crippen LogP contribution in [-0.4, -0.2) is 35.2 Å². The average molecular weight is 326 g/mol. The highest BCUT2D eigenvalue weighted by Crippen LogP contribution is 2.19. The molecule has 124 valence electrons. The predicted octanol–water partition coefficient (Wildman–Crippen LogP) is 3.17. The van der Waals surface area contributed by atoms with E-state index in [1.54, 1.807) is 18.2 Å². The molecular formula is C17H18N4O3. The maximum Gasteiger partial charge on any atom is 0.345 e. The van der Waals surface area contributed by atoms with Crippen LogP contribution in [0.3, 0.4) is 0 Å². The number of imidazole rings is 1. The number of ether oxygens (including phenoxy) is 1. The van der Waals surface area contributed by atoms with E-state index >= 15 is 0 Å². The second-order valence-electron chi connectivity index (χ2n) is 5.13. The lowest BCUT2D eigenvalue weighted by atomic mass is 10.3. The van der Waals surface area contributed by atoms with E-state index in [0.717, 1.165) is 21.9 Å². The van der Waals surface area contributed by atoms with Gasteiger partial charge in [-0.05, 0) is 24.3 Å². The summed E-state index contributed by atoms with van der Waals surface area (Å²) in [6.07, 6.45) is 0. The Morgan fingerprint density at radius 3 is 2.88 bits per heavy atom. The molecule has 0 atom stereocenters. The van der Waals surface area contributed by atoms with E-state index < -0.39 is 0 Å². The van der Waals surface area contributed by atoms with Gasteiger partial charge in [-0.25, -0.2) is 14.8 Å². The number of benzene rings is 2. The number of H-pyrrole nitrogens is 1. The number of para-hydroxylation sites is 2. The molecule has 0 saturated heterocycles. The molecule has 0 aliphatic carbocycles. The number of nitrogens with zero attached hydrogens (tertiary/aromatic N) is 2. The summed E-state index contributed by atoms with van der Waals surface area (Å²) in [5.74, 6) is 1.37. The largest absolute Gasteiger partial charge is 0.486 e. The third-order valence-electron chi connectivity index (χ3n) is 3.46. The molecule has 24 heavy (non-hydrogen) atoms. The summed E-state index contributed by atoms with van der Waals surface area (Å²) in [6.45, 7) is 0.310. The van der Waals surface area contributed by atoms with Crippen LogP contribution in [-0.2, 0) is 11.4 Å². The lowest BCUT2D eigenvalue weighted by Crippen LogP contribution is -2.30. The Morgan fingerprint density at radius 1 is 1.25 bits per heavy atom. The Hall–Kier alpha value is -3.06. The lowest BCUT2D eigenvalue weighted by Gasteiger charge is -2.15. The van der Waals surface area contributed by atoms with Crippen LogP contribution < -0.4 is 10.1 Å². The summed E-state index contributed by atoms with van der Waals surface area (Å²) in [5, 5.41) is 3.81. The predicted molar refractivity (Wildman–Crippen MR) is 90.7 cm³/mol. The van der Waals surface area contributed by atoms with Crippen LogP contribution in [0.4, 0.5) is 10.5 Å². The van der Waals surface area contributed by atoms with Crippen LogP contribution in [0.15, 0.2) is 48.5 Å². The Bertz CT molecular complexity index is 813. The van der Waals surface area contributed by atoms with Gasteiger partial charge in [0, 0.05) is 18.8 Å². The van der Waals surface area contributed by atoms with Crippen molar-refractivity contribution in [2.45, 2.75) is 6.61 Å². The van der Waals surface area contributed by atoms with Crippen molar-refractivity contribution in [1.29, 1.82) is 0 Å². The van der Waals surface area contributed by atoms with Gasteiger partial charge >= 0.3 is 6.03 Å². The van der Waals surface area contributed by atoms with Gasteiger partial charge in [-0.2, -0.15) is 0 Å². The van der Waals surface area contributed by atoms with Crippen molar-refractivity contribution in [2.75, 3.05) is 19.5 Å². The Morgan fingerprint density at radius 2 is 2.08 bits per heavy atom. The molecule has 7 heteroatoms. The van der Waals surface area contributed by atoms with Crippen molar-refractivity contribution in [1.82, 2.24) is 15.0 Å². The number of hydroxylamine groups is 2. The van der Waals surface area contributed by atoms with Crippen molar-refractivity contribution < 1.29 is 14.4 Å². The van der Waals surface area contributed by atoms with Crippen molar-refractivity contribution in [3.63, 3.8) is 0 Å². The highest BCUT2D eigenvalue weighted by atomic mass is 16.7. The second kappa shape index (κ2) is 7.01. The van der Waals surface area contributed by atoms with E-state index in [1.807, 2.05) is 30.3 Å². The van der Waals surface area contributed by atoms with Crippen LogP contribution in [0.25, 0.3) is 11.0 Å². The van der Waals surface area contributed by atoms with Crippen molar-refractivity contribution in [2.24, 2.45) is 0 Å². The normalized spacial score (nSPS) is 10.6. The third kappa shape index (κ3) is 3.64. The van der Waals surface area contributed by atoms with Crippen LogP contribution in [0.5, 0.6) is 5.75 Å². The van der Waals surface area contributed by atoms with E-state index in [-0.39, 0.29) is 6.03 Å². The molecule has 2 N–H and O–H groups in total. The summed E-state index contributed by atoms with van der Waals surface area (Å²) in [6, 6.07) is 14.6. The number of urea groups is 1. The van der Waals surface area contributed by atoms with Crippen molar-refractivity contribution in [3.8, 4) is 5.75 Å². The molecule has 2 aromatic carbocycles. The fourth-order valence-electron chi connectivity index (χ4n) is 2.17. The maximum atomic E-state index is 11.8. The fourth-order valence-corrected chi connectivity index (χ4v) is 2.17. The van der Waals surface area contributed by atoms with Gasteiger partial charge < -0.3 is 15.0 Å². The Labute approximate surface area is 139 Å². The first-order chi connectivity index (χ1) is 11.7. The number of nitrogens with one attached hydrogen (secondary N) is 2. The molecule has 0 unspecified atom stereocenters. The quantitative estimate of drug-likeness (QED) is 0.706. The van der Waals surface area contributed by atoms with E-state index in [1.165, 1.54) is 14.2 Å². The molecular weight excluding hydrogens is 308 g/mol. The molecule has 0 bridgehead atoms. The van der Waals surface area contributed by atoms with E-state index in [4.69, 9.17) is 9.57 Å². The Balaban J connectivity index is 1.65. The number of hydrogen-bond donors (Lipinski definition) is 2. The zero-order valence-corrected chi connectivity index (χ0v) is 13.4. The number of carbonyl (C=O) groups is 1. The molecule has 3 rings (SSSR count). The van der Waals surface area contributed by atoms with Crippen molar-refractivity contribution >= 4 is 22.8 Å². The van der Waals surface area contributed by atoms with Gasteiger partial charge in [-0.1, -0.05) is 18.2 Å². The van der Waals surface area contributed by atoms with E-state index in [9.17, 15) is 4.79 Å². The summed E-state index contributed by atoms with van der Waals surface area (Å²) < 4.78 is 5.74. The molecule has 2 amide bonds. The first kappa shape index (κ1) is 15.8. The second-order valence-corrected chi connectivity index (χ2v) is 5.13. The number of hydrogen-bond acceptors (Lipinski definition) is 4. The molecule has 0 fully saturated rings. The number of fused-ring (bicyclic) bond motifs is 1. The standard InChI is InChI=1S/C17H18N4O3/c1-21(23-2)17(22)18-12-6-5-7-13(10-12)24-11-16-19-14-8-3-4-9-15(14)20-16/h3-10H,11H2,1-2H3,(H,18,22)(H,19,20). The van der Waals surface area contributed by atoms with Gasteiger partial charge in [-0.15, -0.1) is 0 Å². The molecule has 7 nitrogen and oxygen atoms in total. The molecule has 0 spiro atoms. The number of anilines is 1. The molecule has 0 aliphatic heterocycles. The van der Waals surface area contributed by atoms with Gasteiger partial charge in [0.2, 0.25) is 0 Å². The van der Waals surface area contributed by atoms with Crippen LogP contribution >= 0.6 is 0 Å². The summed E-state index contributed by atoms with van der Waals surface area (Å²) >= 11 is 0. The summed E-state index contributed by atoms with van der Waals surface area (Å²) in [7, 11) is 2.95. The van der Waals surface area contributed by atoms with Crippen molar-refractivity contribution in [3.05, 3.63) is 54.4 Å². The minimum atomic E-state index is -0.369. The smallest absolute Gasteiger partial charge is 0.345 e. The van der Waals surface area contributed by atoms with Gasteiger partial charge in [0.25, 0.3) is 0 Å². The highest BCUT2D eigenvalue weighted by Gasteiger charge is 2.08. The number of amides is 2. The summed E-state index contributed by atoms with van der Waals surface area (Å²) in [4.78, 5) is 24.3. The Kier molecular flexibility index (Phi) is 4.62. The number of rotatable bonds is 5. The number of aromatic nitrogens is 2. The first-order valence-corrected chi connectivity index (χ1v) is 7.41. The van der Waals surface area contributed by atoms with E-state index in [2.05, 4.69) is 15.3 Å². The minimum Gasteiger partial charge on any atom is -0.486 e. The maximum absolute atomic E-state index is 11.8. The molecule has 3 aromatic rings. The van der Waals surface area contributed by atoms with Crippen LogP contribution in [0.2, 0.25) is 0 Å². The number of aromatic amines is 1. The minimum absolute atomic E-state index is 0.310. The fraction of sp³-hybridized carbons (Fsp3) is 0.176. The molecule has 0 radical (unpaired) electrons. The molecule has 0 saturated carbocycles. The van der Waals surface area contributed by atoms with E-state index in [0.29, 0.717) is 18.0 Å². The van der Waals surface area contributed by atoms with Gasteiger partial charge in [0.15, 0.2) is 0 Å². The van der Waals surface area contributed by atoms with Gasteiger partial charge in [0.05, 0.1) is 18.1 Å². The molecule has 1 heterocycles. The molecule has 0 aliphatic rings. The molecule has 1 aromatic heterocycles. The van der Waals surface area contributed by atoms with Gasteiger partial charge in [-0.3, -0.25) is 4.84 Å². The SMILES string of the molecule is CON(C)C(=O)Nc1cccc(OCc2nc3ccccc3[nH]2)c1. The number of carbonyl (C=O) groups excluding carboxylic acids is 1. The first-order valence-electron chi connectivity index (χ1n) is 7.41.